The third-order valence-electron chi connectivity index (χ3n) is 1.69. The van der Waals surface area contributed by atoms with Gasteiger partial charge >= 0.3 is 11.9 Å². The zero-order valence-electron chi connectivity index (χ0n) is 11.4. The Hall–Kier alpha value is -1.01. The van der Waals surface area contributed by atoms with Crippen molar-refractivity contribution in [1.29, 1.82) is 0 Å². The molecule has 18 heavy (non-hydrogen) atoms. The average Bonchev–Trinajstić information content (AvgIpc) is 2.23. The van der Waals surface area contributed by atoms with Crippen LogP contribution < -0.4 is 5.32 Å². The summed E-state index contributed by atoms with van der Waals surface area (Å²) in [5, 5.41) is 19.6. The molecule has 5 nitrogen and oxygen atoms in total. The largest absolute Gasteiger partial charge is 0.480 e. The van der Waals surface area contributed by atoms with Crippen LogP contribution >= 0.6 is 11.8 Å². The van der Waals surface area contributed by atoms with Crippen LogP contribution in [-0.2, 0) is 9.59 Å². The van der Waals surface area contributed by atoms with Gasteiger partial charge in [-0.1, -0.05) is 6.58 Å². The topological polar surface area (TPSA) is 86.6 Å². The van der Waals surface area contributed by atoms with E-state index in [2.05, 4.69) is 11.9 Å². The Morgan fingerprint density at radius 3 is 2.06 bits per heavy atom. The molecule has 0 amide bonds. The van der Waals surface area contributed by atoms with E-state index in [9.17, 15) is 9.59 Å². The van der Waals surface area contributed by atoms with Crippen LogP contribution in [0.5, 0.6) is 0 Å². The van der Waals surface area contributed by atoms with E-state index in [-0.39, 0.29) is 5.54 Å². The summed E-state index contributed by atoms with van der Waals surface area (Å²) in [5.41, 5.74) is -0.137. The minimum atomic E-state index is -0.981. The summed E-state index contributed by atoms with van der Waals surface area (Å²) in [5.74, 6) is -0.867. The van der Waals surface area contributed by atoms with Gasteiger partial charge in [-0.25, -0.2) is 4.79 Å². The third kappa shape index (κ3) is 15.0. The second-order valence-corrected chi connectivity index (χ2v) is 5.59. The molecule has 0 bridgehead atoms. The fourth-order valence-electron chi connectivity index (χ4n) is 1.02. The van der Waals surface area contributed by atoms with E-state index in [1.54, 1.807) is 11.8 Å². The molecule has 0 aliphatic heterocycles. The number of rotatable bonds is 6. The SMILES string of the molecule is C=CC(=O)O.CSCC[C@H](NC(C)(C)C)C(=O)O. The summed E-state index contributed by atoms with van der Waals surface area (Å²) in [6.07, 6.45) is 3.49. The Balaban J connectivity index is 0. The van der Waals surface area contributed by atoms with Gasteiger partial charge in [0.15, 0.2) is 0 Å². The zero-order valence-corrected chi connectivity index (χ0v) is 12.2. The van der Waals surface area contributed by atoms with Gasteiger partial charge in [-0.3, -0.25) is 10.1 Å². The second-order valence-electron chi connectivity index (χ2n) is 4.61. The van der Waals surface area contributed by atoms with E-state index >= 15 is 0 Å². The van der Waals surface area contributed by atoms with E-state index in [1.807, 2.05) is 27.0 Å². The van der Waals surface area contributed by atoms with Crippen LogP contribution in [0.25, 0.3) is 0 Å². The Kier molecular flexibility index (Phi) is 10.7. The standard InChI is InChI=1S/C9H19NO2S.C3H4O2/c1-9(2,3)10-7(8(11)12)5-6-13-4;1-2-3(4)5/h7,10H,5-6H2,1-4H3,(H,11,12);2H,1H2,(H,4,5)/t7-;/m0./s1. The molecule has 0 aromatic heterocycles. The summed E-state index contributed by atoms with van der Waals surface area (Å²) in [4.78, 5) is 20.1. The Labute approximate surface area is 113 Å². The van der Waals surface area contributed by atoms with Crippen LogP contribution in [0, 0.1) is 0 Å². The summed E-state index contributed by atoms with van der Waals surface area (Å²) < 4.78 is 0. The molecule has 0 fully saturated rings. The van der Waals surface area contributed by atoms with Gasteiger partial charge in [0.25, 0.3) is 0 Å². The third-order valence-corrected chi connectivity index (χ3v) is 2.33. The normalized spacial score (nSPS) is 12.0. The number of carbonyl (C=O) groups is 2. The summed E-state index contributed by atoms with van der Waals surface area (Å²) >= 11 is 1.67. The highest BCUT2D eigenvalue weighted by atomic mass is 32.2. The van der Waals surface area contributed by atoms with Crippen molar-refractivity contribution in [3.05, 3.63) is 12.7 Å². The molecular weight excluding hydrogens is 254 g/mol. The maximum absolute atomic E-state index is 10.8. The molecule has 0 aromatic carbocycles. The number of carboxylic acid groups (broad SMARTS) is 2. The highest BCUT2D eigenvalue weighted by molar-refractivity contribution is 7.98. The molecule has 6 heteroatoms. The molecule has 0 aromatic rings. The fraction of sp³-hybridized carbons (Fsp3) is 0.667. The number of thioether (sulfide) groups is 1. The molecule has 106 valence electrons. The number of nitrogens with one attached hydrogen (secondary N) is 1. The molecule has 0 saturated heterocycles. The quantitative estimate of drug-likeness (QED) is 0.642. The van der Waals surface area contributed by atoms with Crippen molar-refractivity contribution >= 4 is 23.7 Å². The number of carboxylic acids is 2. The van der Waals surface area contributed by atoms with Gasteiger partial charge in [-0.15, -0.1) is 0 Å². The average molecular weight is 277 g/mol. The van der Waals surface area contributed by atoms with Crippen molar-refractivity contribution in [2.24, 2.45) is 0 Å². The van der Waals surface area contributed by atoms with Crippen LogP contribution in [0.15, 0.2) is 12.7 Å². The molecule has 0 heterocycles. The highest BCUT2D eigenvalue weighted by Crippen LogP contribution is 2.06. The van der Waals surface area contributed by atoms with Gasteiger partial charge < -0.3 is 10.2 Å². The van der Waals surface area contributed by atoms with Crippen LogP contribution in [0.4, 0.5) is 0 Å². The molecule has 0 unspecified atom stereocenters. The lowest BCUT2D eigenvalue weighted by atomic mass is 10.1. The first-order valence-electron chi connectivity index (χ1n) is 5.48. The van der Waals surface area contributed by atoms with Crippen molar-refractivity contribution in [1.82, 2.24) is 5.32 Å². The fourth-order valence-corrected chi connectivity index (χ4v) is 1.49. The maximum atomic E-state index is 10.8. The van der Waals surface area contributed by atoms with Crippen LogP contribution in [0.3, 0.4) is 0 Å². The summed E-state index contributed by atoms with van der Waals surface area (Å²) in [7, 11) is 0. The lowest BCUT2D eigenvalue weighted by molar-refractivity contribution is -0.140. The first kappa shape index (κ1) is 19.3. The maximum Gasteiger partial charge on any atom is 0.327 e. The lowest BCUT2D eigenvalue weighted by Gasteiger charge is -2.25. The van der Waals surface area contributed by atoms with E-state index in [0.29, 0.717) is 6.42 Å². The lowest BCUT2D eigenvalue weighted by Crippen LogP contribution is -2.47. The summed E-state index contributed by atoms with van der Waals surface area (Å²) in [6.45, 7) is 8.88. The van der Waals surface area contributed by atoms with Gasteiger partial charge in [-0.2, -0.15) is 11.8 Å². The van der Waals surface area contributed by atoms with E-state index in [4.69, 9.17) is 10.2 Å². The van der Waals surface area contributed by atoms with Gasteiger partial charge in [-0.05, 0) is 39.2 Å². The zero-order chi connectivity index (χ0) is 14.8. The minimum absolute atomic E-state index is 0.137. The van der Waals surface area contributed by atoms with Gasteiger partial charge in [0, 0.05) is 11.6 Å². The molecule has 1 atom stereocenters. The van der Waals surface area contributed by atoms with Crippen molar-refractivity contribution in [2.75, 3.05) is 12.0 Å². The molecule has 3 N–H and O–H groups in total. The van der Waals surface area contributed by atoms with Gasteiger partial charge in [0.1, 0.15) is 6.04 Å². The first-order chi connectivity index (χ1) is 8.14. The Morgan fingerprint density at radius 1 is 1.39 bits per heavy atom. The van der Waals surface area contributed by atoms with Gasteiger partial charge in [0.05, 0.1) is 0 Å². The van der Waals surface area contributed by atoms with Crippen LogP contribution in [0.1, 0.15) is 27.2 Å². The van der Waals surface area contributed by atoms with Gasteiger partial charge in [0.2, 0.25) is 0 Å². The molecule has 0 radical (unpaired) electrons. The smallest absolute Gasteiger partial charge is 0.327 e. The molecule has 0 aliphatic rings. The van der Waals surface area contributed by atoms with Crippen molar-refractivity contribution in [2.45, 2.75) is 38.8 Å². The minimum Gasteiger partial charge on any atom is -0.480 e. The number of hydrogen-bond acceptors (Lipinski definition) is 4. The molecule has 0 aliphatic carbocycles. The predicted octanol–water partition coefficient (Wildman–Crippen LogP) is 1.84. The van der Waals surface area contributed by atoms with Crippen molar-refractivity contribution in [3.63, 3.8) is 0 Å². The first-order valence-corrected chi connectivity index (χ1v) is 6.88. The number of aliphatic carboxylic acids is 2. The second kappa shape index (κ2) is 9.96. The molecule has 0 spiro atoms. The number of hydrogen-bond donors (Lipinski definition) is 3. The van der Waals surface area contributed by atoms with Crippen LogP contribution in [0.2, 0.25) is 0 Å². The molecular formula is C12H23NO4S. The highest BCUT2D eigenvalue weighted by Gasteiger charge is 2.22. The molecule has 0 saturated carbocycles. The Bertz CT molecular complexity index is 274. The van der Waals surface area contributed by atoms with Crippen molar-refractivity contribution in [3.8, 4) is 0 Å². The monoisotopic (exact) mass is 277 g/mol. The van der Waals surface area contributed by atoms with Crippen molar-refractivity contribution < 1.29 is 19.8 Å². The van der Waals surface area contributed by atoms with E-state index in [0.717, 1.165) is 11.8 Å². The van der Waals surface area contributed by atoms with E-state index in [1.165, 1.54) is 0 Å². The Morgan fingerprint density at radius 2 is 1.83 bits per heavy atom. The predicted molar refractivity (Wildman–Crippen MR) is 75.1 cm³/mol. The van der Waals surface area contributed by atoms with E-state index < -0.39 is 18.0 Å². The molecule has 0 rings (SSSR count). The summed E-state index contributed by atoms with van der Waals surface area (Å²) in [6, 6.07) is -0.424. The van der Waals surface area contributed by atoms with Crippen LogP contribution in [-0.4, -0.2) is 45.7 Å².